The monoisotopic (exact) mass is 741 g/mol. The van der Waals surface area contributed by atoms with Crippen LogP contribution in [0.5, 0.6) is 0 Å². The van der Waals surface area contributed by atoms with E-state index in [0.717, 1.165) is 51.4 Å². The zero-order valence-electron chi connectivity index (χ0n) is 40.4. The second kappa shape index (κ2) is 22.2. The van der Waals surface area contributed by atoms with Crippen LogP contribution in [-0.4, -0.2) is 42.8 Å². The van der Waals surface area contributed by atoms with Crippen LogP contribution in [0, 0.1) is 50.2 Å². The van der Waals surface area contributed by atoms with E-state index in [4.69, 9.17) is 0 Å². The SMILES string of the molecule is CC(C)(C)CCC(C)(O)C(C)(C)C.CCC(O)(C#CC(C)(C)C)CC.CCC(O)(CCC(C)(C)C)C(C)(C)C.CCC(O)(CCC(C)(C)C)C(C)C. The summed E-state index contributed by atoms with van der Waals surface area (Å²) in [7, 11) is 0. The van der Waals surface area contributed by atoms with Crippen molar-refractivity contribution in [3.8, 4) is 11.8 Å². The minimum absolute atomic E-state index is 0.0156. The Balaban J connectivity index is -0.000000296. The molecule has 0 saturated carbocycles. The maximum Gasteiger partial charge on any atom is 0.125 e. The quantitative estimate of drug-likeness (QED) is 0.159. The van der Waals surface area contributed by atoms with Gasteiger partial charge in [0.25, 0.3) is 0 Å². The maximum atomic E-state index is 10.5. The average Bonchev–Trinajstić information content (AvgIpc) is 2.94. The van der Waals surface area contributed by atoms with Gasteiger partial charge < -0.3 is 20.4 Å². The van der Waals surface area contributed by atoms with Gasteiger partial charge >= 0.3 is 0 Å². The Hall–Kier alpha value is -0.600. The molecule has 0 spiro atoms. The molecule has 3 atom stereocenters. The second-order valence-corrected chi connectivity index (χ2v) is 23.2. The standard InChI is InChI=1S/C13H28O.2C12H26O.C11H20O/c1-8-13(14,12(5,6)7)10-9-11(2,3)4;1-10(2,3)8-9-12(7,13)11(4,5)6;1-7-12(13,10(2)3)9-8-11(4,5)6;1-6-11(12,7-2)9-8-10(3,4)5/h14H,8-10H2,1-7H3;13H,8-9H2,1-7H3;10,13H,7-9H2,1-6H3;12H,6-7H2,1-5H3. The first-order valence-corrected chi connectivity index (χ1v) is 21.0. The first kappa shape index (κ1) is 58.1. The molecule has 0 aromatic carbocycles. The van der Waals surface area contributed by atoms with Crippen molar-refractivity contribution >= 4 is 0 Å². The van der Waals surface area contributed by atoms with Crippen LogP contribution in [0.1, 0.15) is 237 Å². The van der Waals surface area contributed by atoms with E-state index in [1.165, 1.54) is 0 Å². The zero-order valence-corrected chi connectivity index (χ0v) is 40.4. The van der Waals surface area contributed by atoms with Gasteiger partial charge in [0.05, 0.1) is 16.8 Å². The highest BCUT2D eigenvalue weighted by Crippen LogP contribution is 2.40. The molecule has 4 N–H and O–H groups in total. The van der Waals surface area contributed by atoms with E-state index < -0.39 is 22.4 Å². The van der Waals surface area contributed by atoms with E-state index in [0.29, 0.717) is 35.0 Å². The summed E-state index contributed by atoms with van der Waals surface area (Å²) in [6.45, 7) is 53.0. The van der Waals surface area contributed by atoms with E-state index >= 15 is 0 Å². The van der Waals surface area contributed by atoms with E-state index in [2.05, 4.69) is 143 Å². The van der Waals surface area contributed by atoms with Crippen LogP contribution >= 0.6 is 0 Å². The third-order valence-electron chi connectivity index (χ3n) is 11.1. The molecule has 0 saturated heterocycles. The Labute approximate surface area is 329 Å². The van der Waals surface area contributed by atoms with Crippen molar-refractivity contribution in [2.45, 2.75) is 260 Å². The Kier molecular flexibility index (Phi) is 24.8. The Morgan fingerprint density at radius 2 is 0.750 bits per heavy atom. The van der Waals surface area contributed by atoms with Crippen molar-refractivity contribution in [1.29, 1.82) is 0 Å². The fourth-order valence-corrected chi connectivity index (χ4v) is 4.85. The molecular weight excluding hydrogens is 641 g/mol. The van der Waals surface area contributed by atoms with Crippen molar-refractivity contribution < 1.29 is 20.4 Å². The topological polar surface area (TPSA) is 80.9 Å². The van der Waals surface area contributed by atoms with Crippen LogP contribution in [0.2, 0.25) is 0 Å². The minimum atomic E-state index is -0.771. The molecule has 0 aliphatic carbocycles. The molecule has 0 rings (SSSR count). The van der Waals surface area contributed by atoms with Crippen LogP contribution in [-0.2, 0) is 0 Å². The van der Waals surface area contributed by atoms with Crippen molar-refractivity contribution in [1.82, 2.24) is 0 Å². The lowest BCUT2D eigenvalue weighted by Gasteiger charge is -2.41. The number of aliphatic hydroxyl groups is 4. The molecule has 0 fully saturated rings. The van der Waals surface area contributed by atoms with Gasteiger partial charge in [-0.15, -0.1) is 0 Å². The lowest BCUT2D eigenvalue weighted by molar-refractivity contribution is -0.0736. The molecule has 52 heavy (non-hydrogen) atoms. The maximum absolute atomic E-state index is 10.5. The van der Waals surface area contributed by atoms with Crippen LogP contribution in [0.15, 0.2) is 0 Å². The normalized spacial score (nSPS) is 16.7. The molecular formula is C48H100O4. The summed E-state index contributed by atoms with van der Waals surface area (Å²) in [6, 6.07) is 0. The van der Waals surface area contributed by atoms with Gasteiger partial charge in [0.1, 0.15) is 5.60 Å². The van der Waals surface area contributed by atoms with Crippen molar-refractivity contribution in [3.63, 3.8) is 0 Å². The minimum Gasteiger partial charge on any atom is -0.390 e. The van der Waals surface area contributed by atoms with Gasteiger partial charge in [-0.25, -0.2) is 0 Å². The summed E-state index contributed by atoms with van der Waals surface area (Å²) in [6.07, 6.45) is 9.04. The van der Waals surface area contributed by atoms with E-state index in [1.807, 2.05) is 41.5 Å². The molecule has 0 aromatic rings. The van der Waals surface area contributed by atoms with Crippen LogP contribution < -0.4 is 0 Å². The van der Waals surface area contributed by atoms with Gasteiger partial charge in [-0.05, 0) is 125 Å². The van der Waals surface area contributed by atoms with Gasteiger partial charge in [-0.2, -0.15) is 0 Å². The van der Waals surface area contributed by atoms with Crippen molar-refractivity contribution in [2.75, 3.05) is 0 Å². The molecule has 4 nitrogen and oxygen atoms in total. The predicted octanol–water partition coefficient (Wildman–Crippen LogP) is 13.8. The Morgan fingerprint density at radius 3 is 0.981 bits per heavy atom. The van der Waals surface area contributed by atoms with Crippen molar-refractivity contribution in [3.05, 3.63) is 0 Å². The fourth-order valence-electron chi connectivity index (χ4n) is 4.85. The average molecular weight is 741 g/mol. The zero-order chi connectivity index (χ0) is 43.1. The number of hydrogen-bond acceptors (Lipinski definition) is 4. The molecule has 0 bridgehead atoms. The lowest BCUT2D eigenvalue weighted by Crippen LogP contribution is -2.42. The molecule has 0 heterocycles. The Bertz CT molecular complexity index is 961. The molecule has 4 heteroatoms. The molecule has 0 amide bonds. The van der Waals surface area contributed by atoms with Gasteiger partial charge in [0.2, 0.25) is 0 Å². The Morgan fingerprint density at radius 1 is 0.404 bits per heavy atom. The van der Waals surface area contributed by atoms with Gasteiger partial charge in [0.15, 0.2) is 0 Å². The van der Waals surface area contributed by atoms with E-state index in [9.17, 15) is 20.4 Å². The molecule has 0 aromatic heterocycles. The third kappa shape index (κ3) is 28.8. The van der Waals surface area contributed by atoms with E-state index in [1.54, 1.807) is 0 Å². The van der Waals surface area contributed by atoms with Crippen LogP contribution in [0.3, 0.4) is 0 Å². The summed E-state index contributed by atoms with van der Waals surface area (Å²) in [5.74, 6) is 6.37. The number of rotatable bonds is 11. The highest BCUT2D eigenvalue weighted by atomic mass is 16.3. The van der Waals surface area contributed by atoms with E-state index in [-0.39, 0.29) is 16.2 Å². The summed E-state index contributed by atoms with van der Waals surface area (Å²) < 4.78 is 0. The fraction of sp³-hybridized carbons (Fsp3) is 0.958. The number of hydrogen-bond donors (Lipinski definition) is 4. The predicted molar refractivity (Wildman–Crippen MR) is 234 cm³/mol. The lowest BCUT2D eigenvalue weighted by atomic mass is 9.70. The smallest absolute Gasteiger partial charge is 0.125 e. The first-order chi connectivity index (χ1) is 22.5. The molecule has 316 valence electrons. The largest absolute Gasteiger partial charge is 0.390 e. The molecule has 0 radical (unpaired) electrons. The second-order valence-electron chi connectivity index (χ2n) is 23.2. The molecule has 0 aliphatic rings. The van der Waals surface area contributed by atoms with Gasteiger partial charge in [-0.1, -0.05) is 157 Å². The van der Waals surface area contributed by atoms with Crippen molar-refractivity contribution in [2.24, 2.45) is 38.4 Å². The van der Waals surface area contributed by atoms with Gasteiger partial charge in [0, 0.05) is 5.41 Å². The van der Waals surface area contributed by atoms with Crippen LogP contribution in [0.25, 0.3) is 0 Å². The highest BCUT2D eigenvalue weighted by Gasteiger charge is 2.39. The summed E-state index contributed by atoms with van der Waals surface area (Å²) in [5, 5.41) is 40.8. The summed E-state index contributed by atoms with van der Waals surface area (Å²) in [4.78, 5) is 0. The van der Waals surface area contributed by atoms with Gasteiger partial charge in [-0.3, -0.25) is 0 Å². The summed E-state index contributed by atoms with van der Waals surface area (Å²) in [5.41, 5.74) is -1.40. The molecule has 0 aliphatic heterocycles. The summed E-state index contributed by atoms with van der Waals surface area (Å²) >= 11 is 0. The van der Waals surface area contributed by atoms with Crippen LogP contribution in [0.4, 0.5) is 0 Å². The first-order valence-electron chi connectivity index (χ1n) is 21.0. The molecule has 3 unspecified atom stereocenters. The highest BCUT2D eigenvalue weighted by molar-refractivity contribution is 5.17. The third-order valence-corrected chi connectivity index (χ3v) is 11.1.